The van der Waals surface area contributed by atoms with Gasteiger partial charge in [0, 0.05) is 28.4 Å². The van der Waals surface area contributed by atoms with Crippen molar-refractivity contribution in [1.29, 1.82) is 0 Å². The molecule has 2 fully saturated rings. The fraction of sp³-hybridized carbons (Fsp3) is 1.00. The first-order valence-corrected chi connectivity index (χ1v) is 6.63. The van der Waals surface area contributed by atoms with Gasteiger partial charge in [-0.05, 0) is 25.7 Å². The van der Waals surface area contributed by atoms with Gasteiger partial charge < -0.3 is 0 Å². The number of hydrogen-bond acceptors (Lipinski definition) is 1. The van der Waals surface area contributed by atoms with E-state index in [9.17, 15) is 0 Å². The molecule has 2 rings (SSSR count). The van der Waals surface area contributed by atoms with Crippen molar-refractivity contribution in [2.24, 2.45) is 0 Å². The number of nitrogens with one attached hydrogen (secondary N) is 1. The van der Waals surface area contributed by atoms with Crippen LogP contribution in [0.25, 0.3) is 0 Å². The van der Waals surface area contributed by atoms with Crippen LogP contribution in [0, 0.1) is 0 Å². The van der Waals surface area contributed by atoms with Gasteiger partial charge >= 0.3 is 0 Å². The quantitative estimate of drug-likeness (QED) is 0.413. The molecule has 0 aromatic heterocycles. The van der Waals surface area contributed by atoms with Crippen LogP contribution in [-0.2, 0) is 22.4 Å². The van der Waals surface area contributed by atoms with Gasteiger partial charge in [-0.15, -0.1) is 11.6 Å². The van der Waals surface area contributed by atoms with Crippen molar-refractivity contribution in [2.45, 2.75) is 75.2 Å². The summed E-state index contributed by atoms with van der Waals surface area (Å²) in [5.74, 6) is 0. The summed E-state index contributed by atoms with van der Waals surface area (Å²) in [6.07, 6.45) is 13.2. The molecule has 0 saturated heterocycles. The number of hydrogen-bond donors (Lipinski definition) is 1. The summed E-state index contributed by atoms with van der Waals surface area (Å²) >= 11 is 6.60. The van der Waals surface area contributed by atoms with Crippen molar-refractivity contribution in [3.8, 4) is 0 Å². The molecule has 0 unspecified atom stereocenters. The van der Waals surface area contributed by atoms with Crippen LogP contribution in [-0.4, -0.2) is 11.0 Å². The van der Waals surface area contributed by atoms with Gasteiger partial charge in [0.05, 0.1) is 5.00 Å². The minimum Gasteiger partial charge on any atom is -0.296 e. The SMILES string of the molecule is ClC1(NC2CCCCC2)CCCCC1.[Au]. The topological polar surface area (TPSA) is 12.0 Å². The van der Waals surface area contributed by atoms with Crippen LogP contribution in [0.5, 0.6) is 0 Å². The van der Waals surface area contributed by atoms with Gasteiger partial charge in [0.25, 0.3) is 0 Å². The molecule has 15 heavy (non-hydrogen) atoms. The van der Waals surface area contributed by atoms with Gasteiger partial charge in [0.2, 0.25) is 0 Å². The second-order valence-electron chi connectivity index (χ2n) is 5.01. The first-order valence-electron chi connectivity index (χ1n) is 6.25. The third-order valence-electron chi connectivity index (χ3n) is 3.71. The smallest absolute Gasteiger partial charge is 0.0937 e. The van der Waals surface area contributed by atoms with E-state index in [1.807, 2.05) is 0 Å². The summed E-state index contributed by atoms with van der Waals surface area (Å²) in [5, 5.41) is 3.70. The van der Waals surface area contributed by atoms with E-state index in [2.05, 4.69) is 5.32 Å². The molecule has 0 aromatic carbocycles. The fourth-order valence-corrected chi connectivity index (χ4v) is 3.29. The molecule has 2 aliphatic rings. The average molecular weight is 413 g/mol. The van der Waals surface area contributed by atoms with Gasteiger partial charge in [-0.25, -0.2) is 0 Å². The molecule has 1 nitrogen and oxygen atoms in total. The zero-order valence-corrected chi connectivity index (χ0v) is 12.3. The minimum absolute atomic E-state index is 0. The Balaban J connectivity index is 0.00000112. The van der Waals surface area contributed by atoms with Gasteiger partial charge in [-0.3, -0.25) is 5.32 Å². The maximum absolute atomic E-state index is 6.60. The van der Waals surface area contributed by atoms with E-state index in [1.165, 1.54) is 64.2 Å². The monoisotopic (exact) mass is 412 g/mol. The van der Waals surface area contributed by atoms with Crippen LogP contribution in [0.3, 0.4) is 0 Å². The van der Waals surface area contributed by atoms with E-state index < -0.39 is 0 Å². The molecular formula is C12H22AuClN. The van der Waals surface area contributed by atoms with Crippen molar-refractivity contribution in [1.82, 2.24) is 5.32 Å². The molecule has 0 bridgehead atoms. The Labute approximate surface area is 114 Å². The van der Waals surface area contributed by atoms with Crippen molar-refractivity contribution in [2.75, 3.05) is 0 Å². The second-order valence-corrected chi connectivity index (χ2v) is 5.73. The molecule has 0 spiro atoms. The van der Waals surface area contributed by atoms with Gasteiger partial charge in [-0.2, -0.15) is 0 Å². The molecule has 1 radical (unpaired) electrons. The van der Waals surface area contributed by atoms with E-state index in [4.69, 9.17) is 11.6 Å². The molecule has 1 N–H and O–H groups in total. The molecule has 0 aliphatic heterocycles. The summed E-state index contributed by atoms with van der Waals surface area (Å²) in [6.45, 7) is 0. The molecule has 3 heteroatoms. The van der Waals surface area contributed by atoms with Crippen molar-refractivity contribution in [3.05, 3.63) is 0 Å². The van der Waals surface area contributed by atoms with Crippen LogP contribution < -0.4 is 5.32 Å². The molecule has 0 atom stereocenters. The summed E-state index contributed by atoms with van der Waals surface area (Å²) < 4.78 is 0. The molecule has 2 saturated carbocycles. The Hall–Kier alpha value is 0.990. The number of rotatable bonds is 2. The van der Waals surface area contributed by atoms with E-state index in [0.717, 1.165) is 0 Å². The average Bonchev–Trinajstić information content (AvgIpc) is 2.19. The standard InChI is InChI=1S/C12H22ClN.Au/c13-12(9-5-2-6-10-12)14-11-7-3-1-4-8-11;/h11,14H,1-10H2;. The number of halogens is 1. The van der Waals surface area contributed by atoms with Crippen molar-refractivity contribution < 1.29 is 22.4 Å². The molecule has 0 aromatic rings. The normalized spacial score (nSPS) is 27.0. The van der Waals surface area contributed by atoms with E-state index >= 15 is 0 Å². The maximum atomic E-state index is 6.60. The van der Waals surface area contributed by atoms with E-state index in [1.54, 1.807) is 0 Å². The Kier molecular flexibility index (Phi) is 6.24. The first-order chi connectivity index (χ1) is 6.79. The Bertz CT molecular complexity index is 174. The summed E-state index contributed by atoms with van der Waals surface area (Å²) in [6, 6.07) is 0.708. The van der Waals surface area contributed by atoms with Gasteiger partial charge in [0.15, 0.2) is 0 Å². The third-order valence-corrected chi connectivity index (χ3v) is 4.20. The van der Waals surface area contributed by atoms with E-state index in [-0.39, 0.29) is 27.4 Å². The van der Waals surface area contributed by atoms with Crippen molar-refractivity contribution >= 4 is 11.6 Å². The number of alkyl halides is 1. The zero-order valence-electron chi connectivity index (χ0n) is 9.33. The molecule has 2 aliphatic carbocycles. The Morgan fingerprint density at radius 3 is 2.00 bits per heavy atom. The largest absolute Gasteiger partial charge is 0.296 e. The van der Waals surface area contributed by atoms with Crippen LogP contribution >= 0.6 is 11.6 Å². The van der Waals surface area contributed by atoms with E-state index in [0.29, 0.717) is 6.04 Å². The van der Waals surface area contributed by atoms with Gasteiger partial charge in [0.1, 0.15) is 0 Å². The minimum atomic E-state index is -0.0414. The first kappa shape index (κ1) is 14.1. The summed E-state index contributed by atoms with van der Waals surface area (Å²) in [4.78, 5) is -0.0414. The summed E-state index contributed by atoms with van der Waals surface area (Å²) in [7, 11) is 0. The van der Waals surface area contributed by atoms with Crippen LogP contribution in [0.2, 0.25) is 0 Å². The van der Waals surface area contributed by atoms with Gasteiger partial charge in [-0.1, -0.05) is 38.5 Å². The Morgan fingerprint density at radius 2 is 1.40 bits per heavy atom. The second kappa shape index (κ2) is 6.66. The zero-order chi connectivity index (χ0) is 9.86. The van der Waals surface area contributed by atoms with Crippen LogP contribution in [0.4, 0.5) is 0 Å². The van der Waals surface area contributed by atoms with Crippen LogP contribution in [0.1, 0.15) is 64.2 Å². The van der Waals surface area contributed by atoms with Crippen LogP contribution in [0.15, 0.2) is 0 Å². The Morgan fingerprint density at radius 1 is 0.867 bits per heavy atom. The summed E-state index contributed by atoms with van der Waals surface area (Å²) in [5.41, 5.74) is 0. The molecule has 0 heterocycles. The molecule has 93 valence electrons. The van der Waals surface area contributed by atoms with Crippen molar-refractivity contribution in [3.63, 3.8) is 0 Å². The predicted octanol–water partition coefficient (Wildman–Crippen LogP) is 3.81. The maximum Gasteiger partial charge on any atom is 0.0937 e. The molecule has 0 amide bonds. The third kappa shape index (κ3) is 4.40. The predicted molar refractivity (Wildman–Crippen MR) is 61.7 cm³/mol. The fourth-order valence-electron chi connectivity index (χ4n) is 2.87. The molecular weight excluding hydrogens is 391 g/mol.